The topological polar surface area (TPSA) is 64.3 Å². The van der Waals surface area contributed by atoms with Crippen molar-refractivity contribution in [3.8, 4) is 0 Å². The number of esters is 1. The van der Waals surface area contributed by atoms with Crippen LogP contribution in [0.4, 0.5) is 5.69 Å². The van der Waals surface area contributed by atoms with Crippen LogP contribution in [0.5, 0.6) is 0 Å². The number of nitrogens with one attached hydrogen (secondary N) is 1. The smallest absolute Gasteiger partial charge is 0.337 e. The van der Waals surface area contributed by atoms with Crippen molar-refractivity contribution in [2.45, 2.75) is 19.4 Å². The van der Waals surface area contributed by atoms with E-state index in [9.17, 15) is 4.79 Å². The zero-order valence-corrected chi connectivity index (χ0v) is 10.4. The van der Waals surface area contributed by atoms with E-state index in [1.54, 1.807) is 24.3 Å². The van der Waals surface area contributed by atoms with Gasteiger partial charge in [-0.2, -0.15) is 0 Å². The van der Waals surface area contributed by atoms with Crippen LogP contribution in [0, 0.1) is 0 Å². The second kappa shape index (κ2) is 4.91. The van der Waals surface area contributed by atoms with E-state index >= 15 is 0 Å². The molecule has 1 rings (SSSR count). The number of hydrogen-bond donors (Lipinski definition) is 2. The Morgan fingerprint density at radius 3 is 2.29 bits per heavy atom. The van der Waals surface area contributed by atoms with Crippen LogP contribution in [-0.2, 0) is 4.74 Å². The van der Waals surface area contributed by atoms with Crippen molar-refractivity contribution >= 4 is 11.7 Å². The summed E-state index contributed by atoms with van der Waals surface area (Å²) < 4.78 is 4.62. The average molecular weight is 234 g/mol. The van der Waals surface area contributed by atoms with Crippen molar-refractivity contribution in [3.05, 3.63) is 42.1 Å². The van der Waals surface area contributed by atoms with Crippen molar-refractivity contribution in [3.63, 3.8) is 0 Å². The molecule has 4 nitrogen and oxygen atoms in total. The molecular formula is C13H18N2O2. The van der Waals surface area contributed by atoms with E-state index in [0.717, 1.165) is 5.69 Å². The van der Waals surface area contributed by atoms with Gasteiger partial charge in [-0.3, -0.25) is 0 Å². The predicted molar refractivity (Wildman–Crippen MR) is 68.8 cm³/mol. The molecule has 92 valence electrons. The van der Waals surface area contributed by atoms with E-state index < -0.39 is 5.54 Å². The fraction of sp³-hybridized carbons (Fsp3) is 0.308. The van der Waals surface area contributed by atoms with Crippen molar-refractivity contribution in [1.29, 1.82) is 0 Å². The van der Waals surface area contributed by atoms with E-state index in [1.807, 2.05) is 13.8 Å². The standard InChI is InChI=1S/C13H18N2O2/c1-9(14)13(2,3)15-11-7-5-10(6-8-11)12(16)17-4/h5-8,15H,1,14H2,2-4H3. The van der Waals surface area contributed by atoms with E-state index in [0.29, 0.717) is 11.3 Å². The molecule has 3 N–H and O–H groups in total. The molecule has 0 unspecified atom stereocenters. The van der Waals surface area contributed by atoms with Gasteiger partial charge in [0.05, 0.1) is 18.2 Å². The maximum atomic E-state index is 11.2. The highest BCUT2D eigenvalue weighted by molar-refractivity contribution is 5.89. The molecule has 0 radical (unpaired) electrons. The molecule has 0 bridgehead atoms. The van der Waals surface area contributed by atoms with E-state index in [1.165, 1.54) is 7.11 Å². The lowest BCUT2D eigenvalue weighted by Gasteiger charge is -2.27. The number of hydrogen-bond acceptors (Lipinski definition) is 4. The number of benzene rings is 1. The van der Waals surface area contributed by atoms with Gasteiger partial charge in [-0.15, -0.1) is 0 Å². The van der Waals surface area contributed by atoms with Gasteiger partial charge in [-0.1, -0.05) is 6.58 Å². The van der Waals surface area contributed by atoms with E-state index in [4.69, 9.17) is 5.73 Å². The number of carbonyl (C=O) groups excluding carboxylic acids is 1. The number of methoxy groups -OCH3 is 1. The molecular weight excluding hydrogens is 216 g/mol. The molecule has 0 aliphatic heterocycles. The Labute approximate surface area is 101 Å². The van der Waals surface area contributed by atoms with E-state index in [2.05, 4.69) is 16.6 Å². The number of anilines is 1. The summed E-state index contributed by atoms with van der Waals surface area (Å²) in [7, 11) is 1.36. The molecule has 0 fully saturated rings. The van der Waals surface area contributed by atoms with Crippen LogP contribution < -0.4 is 11.1 Å². The van der Waals surface area contributed by atoms with Gasteiger partial charge in [0.25, 0.3) is 0 Å². The third-order valence-electron chi connectivity index (χ3n) is 2.57. The van der Waals surface area contributed by atoms with Crippen molar-refractivity contribution in [2.75, 3.05) is 12.4 Å². The summed E-state index contributed by atoms with van der Waals surface area (Å²) in [5.74, 6) is -0.348. The lowest BCUT2D eigenvalue weighted by Crippen LogP contribution is -2.36. The Kier molecular flexibility index (Phi) is 3.78. The number of nitrogens with two attached hydrogens (primary N) is 1. The molecule has 0 aromatic heterocycles. The minimum Gasteiger partial charge on any atom is -0.465 e. The minimum absolute atomic E-state index is 0.348. The van der Waals surface area contributed by atoms with Crippen molar-refractivity contribution in [2.24, 2.45) is 5.73 Å². The molecule has 0 saturated heterocycles. The SMILES string of the molecule is C=C(N)C(C)(C)Nc1ccc(C(=O)OC)cc1. The van der Waals surface area contributed by atoms with Gasteiger partial charge in [-0.05, 0) is 38.1 Å². The van der Waals surface area contributed by atoms with Crippen molar-refractivity contribution < 1.29 is 9.53 Å². The third-order valence-corrected chi connectivity index (χ3v) is 2.57. The molecule has 0 heterocycles. The van der Waals surface area contributed by atoms with Crippen LogP contribution in [0.25, 0.3) is 0 Å². The van der Waals surface area contributed by atoms with Crippen molar-refractivity contribution in [1.82, 2.24) is 0 Å². The fourth-order valence-electron chi connectivity index (χ4n) is 1.25. The molecule has 1 aromatic rings. The first kappa shape index (κ1) is 13.1. The van der Waals surface area contributed by atoms with Gasteiger partial charge >= 0.3 is 5.97 Å². The number of carbonyl (C=O) groups is 1. The monoisotopic (exact) mass is 234 g/mol. The molecule has 0 amide bonds. The zero-order valence-electron chi connectivity index (χ0n) is 10.4. The van der Waals surface area contributed by atoms with Crippen LogP contribution in [0.1, 0.15) is 24.2 Å². The second-order valence-corrected chi connectivity index (χ2v) is 4.34. The quantitative estimate of drug-likeness (QED) is 0.783. The van der Waals surface area contributed by atoms with Gasteiger partial charge in [0, 0.05) is 11.4 Å². The Bertz CT molecular complexity index is 422. The summed E-state index contributed by atoms with van der Waals surface area (Å²) in [6.45, 7) is 7.59. The Morgan fingerprint density at radius 1 is 1.35 bits per heavy atom. The van der Waals surface area contributed by atoms with Crippen LogP contribution in [0.15, 0.2) is 36.5 Å². The number of rotatable bonds is 4. The predicted octanol–water partition coefficient (Wildman–Crippen LogP) is 2.14. The largest absolute Gasteiger partial charge is 0.465 e. The summed E-state index contributed by atoms with van der Waals surface area (Å²) in [5, 5.41) is 3.23. The normalized spacial score (nSPS) is 10.8. The maximum Gasteiger partial charge on any atom is 0.337 e. The van der Waals surface area contributed by atoms with Crippen LogP contribution >= 0.6 is 0 Å². The van der Waals surface area contributed by atoms with Gasteiger partial charge in [0.1, 0.15) is 0 Å². The van der Waals surface area contributed by atoms with Crippen LogP contribution in [0.2, 0.25) is 0 Å². The molecule has 0 aliphatic rings. The molecule has 0 atom stereocenters. The maximum absolute atomic E-state index is 11.2. The molecule has 17 heavy (non-hydrogen) atoms. The average Bonchev–Trinajstić information content (AvgIpc) is 2.28. The molecule has 1 aromatic carbocycles. The summed E-state index contributed by atoms with van der Waals surface area (Å²) in [4.78, 5) is 11.2. The zero-order chi connectivity index (χ0) is 13.1. The van der Waals surface area contributed by atoms with Gasteiger partial charge in [0.2, 0.25) is 0 Å². The summed E-state index contributed by atoms with van der Waals surface area (Å²) in [6.07, 6.45) is 0. The highest BCUT2D eigenvalue weighted by Gasteiger charge is 2.18. The highest BCUT2D eigenvalue weighted by Crippen LogP contribution is 2.19. The summed E-state index contributed by atoms with van der Waals surface area (Å²) >= 11 is 0. The first-order chi connectivity index (χ1) is 7.86. The van der Waals surface area contributed by atoms with E-state index in [-0.39, 0.29) is 5.97 Å². The van der Waals surface area contributed by atoms with Gasteiger partial charge < -0.3 is 15.8 Å². The minimum atomic E-state index is -0.396. The first-order valence-electron chi connectivity index (χ1n) is 5.28. The highest BCUT2D eigenvalue weighted by atomic mass is 16.5. The Morgan fingerprint density at radius 2 is 1.88 bits per heavy atom. The fourth-order valence-corrected chi connectivity index (χ4v) is 1.25. The third kappa shape index (κ3) is 3.24. The van der Waals surface area contributed by atoms with Crippen LogP contribution in [0.3, 0.4) is 0 Å². The Balaban J connectivity index is 2.82. The molecule has 4 heteroatoms. The summed E-state index contributed by atoms with van der Waals surface area (Å²) in [5.41, 5.74) is 7.23. The second-order valence-electron chi connectivity index (χ2n) is 4.34. The molecule has 0 aliphatic carbocycles. The number of ether oxygens (including phenoxy) is 1. The Hall–Kier alpha value is -1.97. The summed E-state index contributed by atoms with van der Waals surface area (Å²) in [6, 6.07) is 7.00. The van der Waals surface area contributed by atoms with Gasteiger partial charge in [-0.25, -0.2) is 4.79 Å². The molecule has 0 saturated carbocycles. The first-order valence-corrected chi connectivity index (χ1v) is 5.28. The van der Waals surface area contributed by atoms with Gasteiger partial charge in [0.15, 0.2) is 0 Å². The lowest BCUT2D eigenvalue weighted by atomic mass is 10.0. The lowest BCUT2D eigenvalue weighted by molar-refractivity contribution is 0.0601. The molecule has 0 spiro atoms. The van der Waals surface area contributed by atoms with Crippen LogP contribution in [-0.4, -0.2) is 18.6 Å².